The maximum atomic E-state index is 8.63. The van der Waals surface area contributed by atoms with E-state index in [1.54, 1.807) is 18.0 Å². The Kier molecular flexibility index (Phi) is 4.18. The summed E-state index contributed by atoms with van der Waals surface area (Å²) in [6.45, 7) is 3.36. The van der Waals surface area contributed by atoms with E-state index in [0.29, 0.717) is 0 Å². The van der Waals surface area contributed by atoms with Crippen LogP contribution in [0.15, 0.2) is 17.6 Å². The van der Waals surface area contributed by atoms with Crippen molar-refractivity contribution in [2.24, 2.45) is 0 Å². The third kappa shape index (κ3) is 2.53. The summed E-state index contributed by atoms with van der Waals surface area (Å²) in [4.78, 5) is 4.19. The van der Waals surface area contributed by atoms with Crippen molar-refractivity contribution in [3.8, 4) is 0 Å². The van der Waals surface area contributed by atoms with Crippen LogP contribution < -0.4 is 0 Å². The monoisotopic (exact) mass is 186 g/mol. The van der Waals surface area contributed by atoms with Gasteiger partial charge in [0.05, 0.1) is 6.61 Å². The van der Waals surface area contributed by atoms with Gasteiger partial charge in [-0.3, -0.25) is 0 Å². The SMILES string of the molecule is CCCn1ccnc1SCCO. The summed E-state index contributed by atoms with van der Waals surface area (Å²) in [5.41, 5.74) is 0. The zero-order chi connectivity index (χ0) is 8.81. The first-order chi connectivity index (χ1) is 5.88. The van der Waals surface area contributed by atoms with Crippen molar-refractivity contribution >= 4 is 11.8 Å². The van der Waals surface area contributed by atoms with Crippen molar-refractivity contribution in [2.45, 2.75) is 25.0 Å². The van der Waals surface area contributed by atoms with Gasteiger partial charge in [0, 0.05) is 24.7 Å². The first kappa shape index (κ1) is 9.61. The average Bonchev–Trinajstić information content (AvgIpc) is 2.50. The number of imidazole rings is 1. The fraction of sp³-hybridized carbons (Fsp3) is 0.625. The van der Waals surface area contributed by atoms with Crippen LogP contribution in [0.25, 0.3) is 0 Å². The molecule has 3 nitrogen and oxygen atoms in total. The van der Waals surface area contributed by atoms with E-state index in [1.807, 2.05) is 6.20 Å². The molecule has 12 heavy (non-hydrogen) atoms. The molecule has 0 aliphatic heterocycles. The number of rotatable bonds is 5. The minimum Gasteiger partial charge on any atom is -0.396 e. The summed E-state index contributed by atoms with van der Waals surface area (Å²) in [6, 6.07) is 0. The molecule has 1 aromatic heterocycles. The lowest BCUT2D eigenvalue weighted by molar-refractivity contribution is 0.322. The minimum atomic E-state index is 0.212. The van der Waals surface area contributed by atoms with E-state index in [2.05, 4.69) is 16.5 Å². The largest absolute Gasteiger partial charge is 0.396 e. The van der Waals surface area contributed by atoms with Crippen LogP contribution in [0.3, 0.4) is 0 Å². The van der Waals surface area contributed by atoms with Gasteiger partial charge in [0.1, 0.15) is 0 Å². The van der Waals surface area contributed by atoms with Crippen molar-refractivity contribution in [1.29, 1.82) is 0 Å². The highest BCUT2D eigenvalue weighted by Crippen LogP contribution is 2.14. The van der Waals surface area contributed by atoms with Crippen LogP contribution in [0.2, 0.25) is 0 Å². The zero-order valence-corrected chi connectivity index (χ0v) is 8.05. The van der Waals surface area contributed by atoms with Gasteiger partial charge >= 0.3 is 0 Å². The van der Waals surface area contributed by atoms with Crippen LogP contribution >= 0.6 is 11.8 Å². The molecule has 0 saturated carbocycles. The smallest absolute Gasteiger partial charge is 0.168 e. The number of aliphatic hydroxyl groups is 1. The molecule has 4 heteroatoms. The van der Waals surface area contributed by atoms with Crippen molar-refractivity contribution in [1.82, 2.24) is 9.55 Å². The number of hydrogen-bond acceptors (Lipinski definition) is 3. The van der Waals surface area contributed by atoms with E-state index >= 15 is 0 Å². The summed E-state index contributed by atoms with van der Waals surface area (Å²) in [5, 5.41) is 9.63. The lowest BCUT2D eigenvalue weighted by atomic mass is 10.5. The van der Waals surface area contributed by atoms with E-state index in [-0.39, 0.29) is 6.61 Å². The fourth-order valence-corrected chi connectivity index (χ4v) is 1.71. The van der Waals surface area contributed by atoms with Crippen LogP contribution in [0.1, 0.15) is 13.3 Å². The third-order valence-electron chi connectivity index (χ3n) is 1.46. The topological polar surface area (TPSA) is 38.0 Å². The molecule has 1 heterocycles. The highest BCUT2D eigenvalue weighted by atomic mass is 32.2. The molecule has 0 aromatic carbocycles. The molecule has 0 radical (unpaired) electrons. The second-order valence-electron chi connectivity index (χ2n) is 2.48. The fourth-order valence-electron chi connectivity index (χ4n) is 0.984. The standard InChI is InChI=1S/C8H14N2OS/c1-2-4-10-5-3-9-8(10)12-7-6-11/h3,5,11H,2,4,6-7H2,1H3. The summed E-state index contributed by atoms with van der Waals surface area (Å²) >= 11 is 1.60. The lowest BCUT2D eigenvalue weighted by Crippen LogP contribution is -1.98. The number of hydrogen-bond donors (Lipinski definition) is 1. The predicted molar refractivity (Wildman–Crippen MR) is 50.3 cm³/mol. The zero-order valence-electron chi connectivity index (χ0n) is 7.23. The Labute approximate surface area is 76.8 Å². The summed E-state index contributed by atoms with van der Waals surface area (Å²) < 4.78 is 2.11. The van der Waals surface area contributed by atoms with Gasteiger partial charge in [-0.1, -0.05) is 18.7 Å². The van der Waals surface area contributed by atoms with Crippen LogP contribution in [-0.2, 0) is 6.54 Å². The average molecular weight is 186 g/mol. The summed E-state index contributed by atoms with van der Waals surface area (Å²) in [5.74, 6) is 0.723. The van der Waals surface area contributed by atoms with E-state index in [1.165, 1.54) is 0 Å². The molecule has 0 aliphatic rings. The second kappa shape index (κ2) is 5.22. The second-order valence-corrected chi connectivity index (χ2v) is 3.54. The van der Waals surface area contributed by atoms with Crippen molar-refractivity contribution < 1.29 is 5.11 Å². The third-order valence-corrected chi connectivity index (χ3v) is 2.45. The van der Waals surface area contributed by atoms with E-state index in [9.17, 15) is 0 Å². The molecule has 0 unspecified atom stereocenters. The number of aryl methyl sites for hydroxylation is 1. The Morgan fingerprint density at radius 2 is 2.50 bits per heavy atom. The Morgan fingerprint density at radius 3 is 3.17 bits per heavy atom. The van der Waals surface area contributed by atoms with Crippen LogP contribution in [0.5, 0.6) is 0 Å². The van der Waals surface area contributed by atoms with Gasteiger partial charge in [0.15, 0.2) is 5.16 Å². The van der Waals surface area contributed by atoms with Crippen molar-refractivity contribution in [3.05, 3.63) is 12.4 Å². The van der Waals surface area contributed by atoms with Gasteiger partial charge in [-0.25, -0.2) is 4.98 Å². The van der Waals surface area contributed by atoms with Gasteiger partial charge in [0.25, 0.3) is 0 Å². The number of thioether (sulfide) groups is 1. The van der Waals surface area contributed by atoms with Crippen molar-refractivity contribution in [2.75, 3.05) is 12.4 Å². The van der Waals surface area contributed by atoms with Gasteiger partial charge in [0.2, 0.25) is 0 Å². The molecule has 0 bridgehead atoms. The first-order valence-electron chi connectivity index (χ1n) is 4.13. The highest BCUT2D eigenvalue weighted by molar-refractivity contribution is 7.99. The molecule has 0 spiro atoms. The quantitative estimate of drug-likeness (QED) is 0.706. The lowest BCUT2D eigenvalue weighted by Gasteiger charge is -2.03. The molecule has 68 valence electrons. The van der Waals surface area contributed by atoms with Gasteiger partial charge in [-0.05, 0) is 6.42 Å². The van der Waals surface area contributed by atoms with E-state index in [4.69, 9.17) is 5.11 Å². The Morgan fingerprint density at radius 1 is 1.67 bits per heavy atom. The molecule has 1 aromatic rings. The molecule has 0 amide bonds. The van der Waals surface area contributed by atoms with Crippen molar-refractivity contribution in [3.63, 3.8) is 0 Å². The number of nitrogens with zero attached hydrogens (tertiary/aromatic N) is 2. The Bertz CT molecular complexity index is 225. The highest BCUT2D eigenvalue weighted by Gasteiger charge is 2.00. The molecule has 1 rings (SSSR count). The maximum Gasteiger partial charge on any atom is 0.168 e. The summed E-state index contributed by atoms with van der Waals surface area (Å²) in [7, 11) is 0. The van der Waals surface area contributed by atoms with Crippen LogP contribution in [0.4, 0.5) is 0 Å². The van der Waals surface area contributed by atoms with Gasteiger partial charge in [-0.2, -0.15) is 0 Å². The molecule has 0 atom stereocenters. The molecule has 1 N–H and O–H groups in total. The summed E-state index contributed by atoms with van der Waals surface area (Å²) in [6.07, 6.45) is 4.89. The Hall–Kier alpha value is -0.480. The molecular weight excluding hydrogens is 172 g/mol. The molecular formula is C8H14N2OS. The number of aliphatic hydroxyl groups excluding tert-OH is 1. The van der Waals surface area contributed by atoms with E-state index in [0.717, 1.165) is 23.9 Å². The van der Waals surface area contributed by atoms with Crippen LogP contribution in [0, 0.1) is 0 Å². The van der Waals surface area contributed by atoms with E-state index < -0.39 is 0 Å². The van der Waals surface area contributed by atoms with Gasteiger partial charge in [-0.15, -0.1) is 0 Å². The maximum absolute atomic E-state index is 8.63. The first-order valence-corrected chi connectivity index (χ1v) is 5.11. The molecule has 0 aliphatic carbocycles. The minimum absolute atomic E-state index is 0.212. The predicted octanol–water partition coefficient (Wildman–Crippen LogP) is 1.38. The normalized spacial score (nSPS) is 10.5. The van der Waals surface area contributed by atoms with Gasteiger partial charge < -0.3 is 9.67 Å². The number of aromatic nitrogens is 2. The molecule has 0 fully saturated rings. The Balaban J connectivity index is 2.51. The van der Waals surface area contributed by atoms with Crippen LogP contribution in [-0.4, -0.2) is 27.0 Å². The molecule has 0 saturated heterocycles.